The molecule has 3 aromatic rings. The van der Waals surface area contributed by atoms with Gasteiger partial charge in [-0.2, -0.15) is 9.78 Å². The zero-order chi connectivity index (χ0) is 18.1. The van der Waals surface area contributed by atoms with E-state index in [0.717, 1.165) is 27.8 Å². The molecule has 0 saturated carbocycles. The Labute approximate surface area is 155 Å². The molecule has 1 aromatic carbocycles. The largest absolute Gasteiger partial charge is 0.352 e. The van der Waals surface area contributed by atoms with Crippen molar-refractivity contribution in [3.8, 4) is 0 Å². The van der Waals surface area contributed by atoms with Crippen LogP contribution in [-0.2, 0) is 13.5 Å². The Morgan fingerprint density at radius 3 is 2.68 bits per heavy atom. The van der Waals surface area contributed by atoms with Crippen molar-refractivity contribution in [2.24, 2.45) is 12.1 Å². The normalized spacial score (nSPS) is 11.7. The molecule has 2 aromatic heterocycles. The van der Waals surface area contributed by atoms with Crippen molar-refractivity contribution in [2.45, 2.75) is 33.6 Å². The lowest BCUT2D eigenvalue weighted by atomic mass is 10.2. The molecule has 0 spiro atoms. The lowest BCUT2D eigenvalue weighted by Crippen LogP contribution is -2.22. The van der Waals surface area contributed by atoms with E-state index in [1.54, 1.807) is 12.3 Å². The molecular weight excluding hydrogens is 380 g/mol. The van der Waals surface area contributed by atoms with Crippen molar-refractivity contribution in [3.05, 3.63) is 61.9 Å². The average Bonchev–Trinajstić information content (AvgIpc) is 2.83. The fourth-order valence-electron chi connectivity index (χ4n) is 2.83. The summed E-state index contributed by atoms with van der Waals surface area (Å²) < 4.78 is 4.39. The molecule has 0 aliphatic heterocycles. The predicted octanol–water partition coefficient (Wildman–Crippen LogP) is 3.95. The van der Waals surface area contributed by atoms with Crippen LogP contribution in [0.4, 0.5) is 0 Å². The van der Waals surface area contributed by atoms with Gasteiger partial charge in [0.25, 0.3) is 5.56 Å². The third kappa shape index (κ3) is 3.31. The number of rotatable bonds is 4. The topological polar surface area (TPSA) is 52.2 Å². The van der Waals surface area contributed by atoms with E-state index in [-0.39, 0.29) is 5.56 Å². The first-order valence-electron chi connectivity index (χ1n) is 8.30. The predicted molar refractivity (Wildman–Crippen MR) is 106 cm³/mol. The van der Waals surface area contributed by atoms with Crippen molar-refractivity contribution in [1.82, 2.24) is 14.2 Å². The summed E-state index contributed by atoms with van der Waals surface area (Å²) in [4.78, 5) is 17.6. The first-order valence-corrected chi connectivity index (χ1v) is 9.10. The van der Waals surface area contributed by atoms with E-state index in [4.69, 9.17) is 0 Å². The van der Waals surface area contributed by atoms with Gasteiger partial charge in [0.1, 0.15) is 5.82 Å². The van der Waals surface area contributed by atoms with Crippen LogP contribution in [0.5, 0.6) is 0 Å². The number of aromatic nitrogens is 3. The van der Waals surface area contributed by atoms with Gasteiger partial charge in [0.05, 0.1) is 17.1 Å². The fraction of sp³-hybridized carbons (Fsp3) is 0.316. The average molecular weight is 401 g/mol. The molecular formula is C19H21BrN4O. The van der Waals surface area contributed by atoms with Crippen LogP contribution in [0.1, 0.15) is 36.1 Å². The van der Waals surface area contributed by atoms with Crippen LogP contribution >= 0.6 is 15.9 Å². The minimum atomic E-state index is -0.142. The van der Waals surface area contributed by atoms with Crippen molar-refractivity contribution in [2.75, 3.05) is 0 Å². The molecule has 0 aliphatic rings. The van der Waals surface area contributed by atoms with Gasteiger partial charge in [0.15, 0.2) is 0 Å². The van der Waals surface area contributed by atoms with Gasteiger partial charge < -0.3 is 4.57 Å². The smallest absolute Gasteiger partial charge is 0.282 e. The van der Waals surface area contributed by atoms with Crippen LogP contribution in [0.3, 0.4) is 0 Å². The molecule has 0 radical (unpaired) electrons. The van der Waals surface area contributed by atoms with Crippen molar-refractivity contribution in [1.29, 1.82) is 0 Å². The second-order valence-corrected chi connectivity index (χ2v) is 7.10. The molecule has 2 heterocycles. The molecule has 0 atom stereocenters. The van der Waals surface area contributed by atoms with Gasteiger partial charge in [0.2, 0.25) is 0 Å². The number of hydrogen-bond donors (Lipinski definition) is 0. The van der Waals surface area contributed by atoms with Crippen molar-refractivity contribution < 1.29 is 0 Å². The Bertz CT molecular complexity index is 1030. The first kappa shape index (κ1) is 17.6. The molecule has 0 unspecified atom stereocenters. The molecule has 6 heteroatoms. The molecule has 0 bridgehead atoms. The van der Waals surface area contributed by atoms with Crippen LogP contribution in [0.25, 0.3) is 10.9 Å². The Balaban J connectivity index is 2.17. The highest BCUT2D eigenvalue weighted by Crippen LogP contribution is 2.17. The van der Waals surface area contributed by atoms with Gasteiger partial charge in [-0.3, -0.25) is 4.79 Å². The van der Waals surface area contributed by atoms with E-state index >= 15 is 0 Å². The highest BCUT2D eigenvalue weighted by atomic mass is 79.9. The molecule has 3 rings (SSSR count). The van der Waals surface area contributed by atoms with Gasteiger partial charge in [-0.25, -0.2) is 4.98 Å². The quantitative estimate of drug-likeness (QED) is 0.622. The second-order valence-electron chi connectivity index (χ2n) is 6.19. The van der Waals surface area contributed by atoms with E-state index in [2.05, 4.69) is 43.6 Å². The number of benzene rings is 1. The summed E-state index contributed by atoms with van der Waals surface area (Å²) in [6, 6.07) is 7.62. The maximum Gasteiger partial charge on any atom is 0.282 e. The monoisotopic (exact) mass is 400 g/mol. The van der Waals surface area contributed by atoms with E-state index < -0.39 is 0 Å². The molecule has 0 amide bonds. The molecule has 5 nitrogen and oxygen atoms in total. The SMILES string of the molecule is CCCc1nc2ccc(Br)cc2c(=O)n1N=Cc1cc(C)n(C)c1C. The molecule has 25 heavy (non-hydrogen) atoms. The maximum absolute atomic E-state index is 12.9. The summed E-state index contributed by atoms with van der Waals surface area (Å²) in [5.74, 6) is 0.684. The highest BCUT2D eigenvalue weighted by Gasteiger charge is 2.11. The Morgan fingerprint density at radius 2 is 2.04 bits per heavy atom. The van der Waals surface area contributed by atoms with Gasteiger partial charge in [-0.1, -0.05) is 22.9 Å². The van der Waals surface area contributed by atoms with E-state index in [1.807, 2.05) is 33.0 Å². The van der Waals surface area contributed by atoms with Gasteiger partial charge in [-0.15, -0.1) is 0 Å². The number of fused-ring (bicyclic) bond motifs is 1. The van der Waals surface area contributed by atoms with Crippen molar-refractivity contribution >= 4 is 33.0 Å². The number of nitrogens with zero attached hydrogens (tertiary/aromatic N) is 4. The van der Waals surface area contributed by atoms with Crippen LogP contribution in [-0.4, -0.2) is 20.4 Å². The number of aryl methyl sites for hydroxylation is 2. The lowest BCUT2D eigenvalue weighted by Gasteiger charge is -2.08. The third-order valence-electron chi connectivity index (χ3n) is 4.48. The van der Waals surface area contributed by atoms with Crippen molar-refractivity contribution in [3.63, 3.8) is 0 Å². The standard InChI is InChI=1S/C19H21BrN4O/c1-5-6-18-22-17-8-7-15(20)10-16(17)19(25)24(18)21-11-14-9-12(2)23(4)13(14)3/h7-11H,5-6H2,1-4H3. The Morgan fingerprint density at radius 1 is 1.28 bits per heavy atom. The van der Waals surface area contributed by atoms with Crippen LogP contribution in [0.15, 0.2) is 38.6 Å². The minimum Gasteiger partial charge on any atom is -0.352 e. The van der Waals surface area contributed by atoms with Crippen LogP contribution < -0.4 is 5.56 Å². The molecule has 0 saturated heterocycles. The van der Waals surface area contributed by atoms with E-state index in [9.17, 15) is 4.79 Å². The van der Waals surface area contributed by atoms with E-state index in [0.29, 0.717) is 23.1 Å². The zero-order valence-corrected chi connectivity index (χ0v) is 16.5. The Kier molecular flexibility index (Phi) is 4.90. The van der Waals surface area contributed by atoms with Crippen LogP contribution in [0.2, 0.25) is 0 Å². The minimum absolute atomic E-state index is 0.142. The third-order valence-corrected chi connectivity index (χ3v) is 4.97. The summed E-state index contributed by atoms with van der Waals surface area (Å²) in [5, 5.41) is 5.04. The summed E-state index contributed by atoms with van der Waals surface area (Å²) >= 11 is 3.42. The van der Waals surface area contributed by atoms with Crippen LogP contribution in [0, 0.1) is 13.8 Å². The Hall–Kier alpha value is -2.21. The first-order chi connectivity index (χ1) is 11.9. The number of halogens is 1. The summed E-state index contributed by atoms with van der Waals surface area (Å²) in [7, 11) is 2.02. The zero-order valence-electron chi connectivity index (χ0n) is 14.9. The summed E-state index contributed by atoms with van der Waals surface area (Å²) in [6.07, 6.45) is 3.34. The fourth-order valence-corrected chi connectivity index (χ4v) is 3.20. The van der Waals surface area contributed by atoms with Gasteiger partial charge in [-0.05, 0) is 44.5 Å². The molecule has 130 valence electrons. The van der Waals surface area contributed by atoms with Gasteiger partial charge >= 0.3 is 0 Å². The lowest BCUT2D eigenvalue weighted by molar-refractivity contribution is 0.703. The van der Waals surface area contributed by atoms with Gasteiger partial charge in [0, 0.05) is 34.9 Å². The summed E-state index contributed by atoms with van der Waals surface area (Å²) in [5.41, 5.74) is 3.83. The molecule has 0 fully saturated rings. The maximum atomic E-state index is 12.9. The molecule has 0 N–H and O–H groups in total. The molecule has 0 aliphatic carbocycles. The summed E-state index contributed by atoms with van der Waals surface area (Å²) in [6.45, 7) is 6.16. The highest BCUT2D eigenvalue weighted by molar-refractivity contribution is 9.10. The van der Waals surface area contributed by atoms with E-state index in [1.165, 1.54) is 4.68 Å². The number of hydrogen-bond acceptors (Lipinski definition) is 3. The second kappa shape index (κ2) is 6.96.